The van der Waals surface area contributed by atoms with Gasteiger partial charge in [0.1, 0.15) is 0 Å². The highest BCUT2D eigenvalue weighted by atomic mass is 35.5. The number of aromatic nitrogens is 3. The van der Waals surface area contributed by atoms with Gasteiger partial charge in [0, 0.05) is 6.04 Å². The minimum absolute atomic E-state index is 0.0100. The molecule has 1 aromatic heterocycles. The number of methoxy groups -OCH3 is 1. The average molecular weight is 303 g/mol. The molecule has 2 N–H and O–H groups in total. The van der Waals surface area contributed by atoms with E-state index in [0.717, 1.165) is 0 Å². The van der Waals surface area contributed by atoms with Crippen molar-refractivity contribution in [2.24, 2.45) is 5.41 Å². The standard InChI is InChI=1S/C12H19ClN4O3/c1-12(2,3)6-7(5-8(18)19)14-10-15-9(13)16-11(17-10)20-4/h7H,5-6H2,1-4H3,(H,18,19)(H,14,15,16,17). The lowest BCUT2D eigenvalue weighted by Gasteiger charge is -2.25. The molecule has 0 spiro atoms. The molecule has 0 bridgehead atoms. The van der Waals surface area contributed by atoms with Gasteiger partial charge in [-0.2, -0.15) is 15.0 Å². The molecular weight excluding hydrogens is 284 g/mol. The number of carbonyl (C=O) groups is 1. The van der Waals surface area contributed by atoms with E-state index in [1.165, 1.54) is 7.11 Å². The van der Waals surface area contributed by atoms with Crippen LogP contribution in [-0.2, 0) is 4.79 Å². The van der Waals surface area contributed by atoms with Gasteiger partial charge in [-0.25, -0.2) is 0 Å². The van der Waals surface area contributed by atoms with Crippen molar-refractivity contribution < 1.29 is 14.6 Å². The van der Waals surface area contributed by atoms with Crippen molar-refractivity contribution in [3.05, 3.63) is 5.28 Å². The summed E-state index contributed by atoms with van der Waals surface area (Å²) in [7, 11) is 1.42. The number of ether oxygens (including phenoxy) is 1. The molecule has 20 heavy (non-hydrogen) atoms. The second-order valence-electron chi connectivity index (χ2n) is 5.62. The van der Waals surface area contributed by atoms with Gasteiger partial charge in [0.25, 0.3) is 0 Å². The van der Waals surface area contributed by atoms with Gasteiger partial charge in [0.2, 0.25) is 11.2 Å². The maximum atomic E-state index is 10.9. The molecule has 1 unspecified atom stereocenters. The summed E-state index contributed by atoms with van der Waals surface area (Å²) in [6.45, 7) is 6.10. The Bertz CT molecular complexity index is 476. The summed E-state index contributed by atoms with van der Waals surface area (Å²) in [5, 5.41) is 11.9. The van der Waals surface area contributed by atoms with Crippen LogP contribution in [0.2, 0.25) is 5.28 Å². The number of aliphatic carboxylic acids is 1. The first kappa shape index (κ1) is 16.4. The number of nitrogens with one attached hydrogen (secondary N) is 1. The summed E-state index contributed by atoms with van der Waals surface area (Å²) in [6.07, 6.45) is 0.605. The Morgan fingerprint density at radius 2 is 2.05 bits per heavy atom. The highest BCUT2D eigenvalue weighted by Crippen LogP contribution is 2.24. The van der Waals surface area contributed by atoms with Crippen LogP contribution in [0.3, 0.4) is 0 Å². The molecular formula is C12H19ClN4O3. The molecule has 1 atom stereocenters. The highest BCUT2D eigenvalue weighted by Gasteiger charge is 2.22. The number of anilines is 1. The Kier molecular flexibility index (Phi) is 5.50. The molecule has 8 heteroatoms. The molecule has 7 nitrogen and oxygen atoms in total. The van der Waals surface area contributed by atoms with Gasteiger partial charge < -0.3 is 15.2 Å². The van der Waals surface area contributed by atoms with E-state index in [4.69, 9.17) is 21.4 Å². The number of carboxylic acids is 1. The number of nitrogens with zero attached hydrogens (tertiary/aromatic N) is 3. The van der Waals surface area contributed by atoms with E-state index in [1.807, 2.05) is 20.8 Å². The number of hydrogen-bond acceptors (Lipinski definition) is 6. The third-order valence-electron chi connectivity index (χ3n) is 2.38. The zero-order valence-corrected chi connectivity index (χ0v) is 12.7. The van der Waals surface area contributed by atoms with Gasteiger partial charge >= 0.3 is 12.0 Å². The zero-order valence-electron chi connectivity index (χ0n) is 12.0. The molecule has 112 valence electrons. The van der Waals surface area contributed by atoms with E-state index in [-0.39, 0.29) is 35.1 Å². The molecule has 0 fully saturated rings. The number of halogens is 1. The Labute approximate surface area is 122 Å². The molecule has 0 saturated carbocycles. The number of carboxylic acid groups (broad SMARTS) is 1. The minimum Gasteiger partial charge on any atom is -0.481 e. The molecule has 1 rings (SSSR count). The quantitative estimate of drug-likeness (QED) is 0.831. The Balaban J connectivity index is 2.88. The second kappa shape index (κ2) is 6.69. The number of hydrogen-bond donors (Lipinski definition) is 2. The molecule has 0 aromatic carbocycles. The second-order valence-corrected chi connectivity index (χ2v) is 5.96. The van der Waals surface area contributed by atoms with Crippen molar-refractivity contribution in [2.75, 3.05) is 12.4 Å². The summed E-state index contributed by atoms with van der Waals surface area (Å²) in [4.78, 5) is 22.6. The summed E-state index contributed by atoms with van der Waals surface area (Å²) < 4.78 is 4.90. The van der Waals surface area contributed by atoms with Crippen LogP contribution in [0, 0.1) is 5.41 Å². The Morgan fingerprint density at radius 1 is 1.40 bits per heavy atom. The van der Waals surface area contributed by atoms with Crippen LogP contribution in [0.15, 0.2) is 0 Å². The summed E-state index contributed by atoms with van der Waals surface area (Å²) in [5.41, 5.74) is -0.0337. The van der Waals surface area contributed by atoms with Crippen LogP contribution in [0.5, 0.6) is 6.01 Å². The largest absolute Gasteiger partial charge is 0.481 e. The lowest BCUT2D eigenvalue weighted by Crippen LogP contribution is -2.29. The van der Waals surface area contributed by atoms with E-state index >= 15 is 0 Å². The van der Waals surface area contributed by atoms with Crippen molar-refractivity contribution >= 4 is 23.5 Å². The maximum absolute atomic E-state index is 10.9. The van der Waals surface area contributed by atoms with E-state index in [9.17, 15) is 4.79 Å². The van der Waals surface area contributed by atoms with Gasteiger partial charge in [-0.1, -0.05) is 20.8 Å². The maximum Gasteiger partial charge on any atom is 0.322 e. The molecule has 0 aliphatic carbocycles. The first-order chi connectivity index (χ1) is 9.19. The lowest BCUT2D eigenvalue weighted by atomic mass is 9.87. The van der Waals surface area contributed by atoms with Gasteiger partial charge in [0.05, 0.1) is 13.5 Å². The third-order valence-corrected chi connectivity index (χ3v) is 2.55. The van der Waals surface area contributed by atoms with Gasteiger partial charge in [-0.05, 0) is 23.4 Å². The van der Waals surface area contributed by atoms with Crippen LogP contribution in [0.4, 0.5) is 5.95 Å². The van der Waals surface area contributed by atoms with Crippen LogP contribution < -0.4 is 10.1 Å². The van der Waals surface area contributed by atoms with Crippen molar-refractivity contribution in [2.45, 2.75) is 39.7 Å². The molecule has 0 saturated heterocycles. The van der Waals surface area contributed by atoms with E-state index in [2.05, 4.69) is 20.3 Å². The predicted octanol–water partition coefficient (Wildman–Crippen LogP) is 2.22. The van der Waals surface area contributed by atoms with Crippen molar-refractivity contribution in [3.63, 3.8) is 0 Å². The fourth-order valence-corrected chi connectivity index (χ4v) is 1.95. The zero-order chi connectivity index (χ0) is 15.3. The van der Waals surface area contributed by atoms with Crippen molar-refractivity contribution in [1.29, 1.82) is 0 Å². The van der Waals surface area contributed by atoms with Gasteiger partial charge in [0.15, 0.2) is 0 Å². The molecule has 1 aromatic rings. The smallest absolute Gasteiger partial charge is 0.322 e. The number of rotatable bonds is 6. The van der Waals surface area contributed by atoms with E-state index in [1.54, 1.807) is 0 Å². The summed E-state index contributed by atoms with van der Waals surface area (Å²) in [5.74, 6) is -0.684. The lowest BCUT2D eigenvalue weighted by molar-refractivity contribution is -0.137. The first-order valence-electron chi connectivity index (χ1n) is 6.13. The molecule has 0 aliphatic heterocycles. The average Bonchev–Trinajstić information content (AvgIpc) is 2.24. The Morgan fingerprint density at radius 3 is 2.55 bits per heavy atom. The molecule has 0 radical (unpaired) electrons. The molecule has 0 aliphatic rings. The van der Waals surface area contributed by atoms with Crippen LogP contribution in [0.25, 0.3) is 0 Å². The molecule has 0 amide bonds. The predicted molar refractivity (Wildman–Crippen MR) is 75.1 cm³/mol. The molecule has 1 heterocycles. The monoisotopic (exact) mass is 302 g/mol. The third kappa shape index (κ3) is 6.01. The van der Waals surface area contributed by atoms with Crippen LogP contribution in [0.1, 0.15) is 33.6 Å². The highest BCUT2D eigenvalue weighted by molar-refractivity contribution is 6.28. The van der Waals surface area contributed by atoms with Gasteiger partial charge in [-0.3, -0.25) is 4.79 Å². The fraction of sp³-hybridized carbons (Fsp3) is 0.667. The SMILES string of the molecule is COc1nc(Cl)nc(NC(CC(=O)O)CC(C)(C)C)n1. The van der Waals surface area contributed by atoms with Crippen molar-refractivity contribution in [1.82, 2.24) is 15.0 Å². The fourth-order valence-electron chi connectivity index (χ4n) is 1.79. The minimum atomic E-state index is -0.890. The van der Waals surface area contributed by atoms with Crippen LogP contribution in [-0.4, -0.2) is 39.2 Å². The normalized spacial score (nSPS) is 12.8. The summed E-state index contributed by atoms with van der Waals surface area (Å²) in [6, 6.07) is -0.229. The topological polar surface area (TPSA) is 97.2 Å². The summed E-state index contributed by atoms with van der Waals surface area (Å²) >= 11 is 5.75. The van der Waals surface area contributed by atoms with E-state index < -0.39 is 5.97 Å². The van der Waals surface area contributed by atoms with Crippen molar-refractivity contribution in [3.8, 4) is 6.01 Å². The Hall–Kier alpha value is -1.63. The first-order valence-corrected chi connectivity index (χ1v) is 6.51. The van der Waals surface area contributed by atoms with Crippen LogP contribution >= 0.6 is 11.6 Å². The van der Waals surface area contributed by atoms with Gasteiger partial charge in [-0.15, -0.1) is 0 Å². The van der Waals surface area contributed by atoms with E-state index in [0.29, 0.717) is 6.42 Å².